The van der Waals surface area contributed by atoms with E-state index in [1.54, 1.807) is 29.0 Å². The van der Waals surface area contributed by atoms with Crippen molar-refractivity contribution in [3.8, 4) is 0 Å². The maximum absolute atomic E-state index is 11.6. The molecule has 6 nitrogen and oxygen atoms in total. The van der Waals surface area contributed by atoms with Gasteiger partial charge in [-0.25, -0.2) is 4.79 Å². The molecule has 1 aromatic heterocycles. The average molecular weight is 304 g/mol. The number of hydrogen-bond donors (Lipinski definition) is 2. The highest BCUT2D eigenvalue weighted by Gasteiger charge is 2.10. The van der Waals surface area contributed by atoms with Crippen LogP contribution >= 0.6 is 11.3 Å². The van der Waals surface area contributed by atoms with Crippen LogP contribution in [0, 0.1) is 0 Å². The van der Waals surface area contributed by atoms with Gasteiger partial charge in [0.25, 0.3) is 5.91 Å². The Morgan fingerprint density at radius 1 is 1.10 bits per heavy atom. The summed E-state index contributed by atoms with van der Waals surface area (Å²) < 4.78 is 4.86. The van der Waals surface area contributed by atoms with Gasteiger partial charge in [0.15, 0.2) is 6.61 Å². The summed E-state index contributed by atoms with van der Waals surface area (Å²) in [4.78, 5) is 34.1. The summed E-state index contributed by atoms with van der Waals surface area (Å²) in [5.41, 5.74) is 6.35. The highest BCUT2D eigenvalue weighted by molar-refractivity contribution is 7.08. The quantitative estimate of drug-likeness (QED) is 0.820. The molecule has 0 fully saturated rings. The largest absolute Gasteiger partial charge is 0.452 e. The topological polar surface area (TPSA) is 98.5 Å². The summed E-state index contributed by atoms with van der Waals surface area (Å²) in [6.07, 6.45) is 0. The van der Waals surface area contributed by atoms with Gasteiger partial charge in [0, 0.05) is 16.6 Å². The number of ether oxygens (including phenoxy) is 1. The van der Waals surface area contributed by atoms with Crippen molar-refractivity contribution in [2.24, 2.45) is 5.73 Å². The number of benzene rings is 1. The van der Waals surface area contributed by atoms with Crippen LogP contribution < -0.4 is 11.1 Å². The van der Waals surface area contributed by atoms with Crippen molar-refractivity contribution in [2.45, 2.75) is 0 Å². The molecule has 0 aliphatic heterocycles. The number of esters is 1. The molecule has 108 valence electrons. The first-order chi connectivity index (χ1) is 10.1. The summed E-state index contributed by atoms with van der Waals surface area (Å²) in [6.45, 7) is -0.383. The van der Waals surface area contributed by atoms with E-state index in [0.717, 1.165) is 0 Å². The van der Waals surface area contributed by atoms with Gasteiger partial charge in [0.05, 0.1) is 5.56 Å². The van der Waals surface area contributed by atoms with Gasteiger partial charge in [-0.3, -0.25) is 9.59 Å². The predicted octanol–water partition coefficient (Wildman–Crippen LogP) is 1.64. The fourth-order valence-electron chi connectivity index (χ4n) is 1.51. The zero-order valence-corrected chi connectivity index (χ0v) is 11.7. The first kappa shape index (κ1) is 14.7. The number of nitrogens with one attached hydrogen (secondary N) is 1. The molecule has 0 saturated carbocycles. The van der Waals surface area contributed by atoms with E-state index in [2.05, 4.69) is 5.32 Å². The molecule has 0 unspecified atom stereocenters. The monoisotopic (exact) mass is 304 g/mol. The number of rotatable bonds is 5. The van der Waals surface area contributed by atoms with Crippen LogP contribution in [0.1, 0.15) is 20.7 Å². The van der Waals surface area contributed by atoms with Crippen molar-refractivity contribution in [3.63, 3.8) is 0 Å². The van der Waals surface area contributed by atoms with Gasteiger partial charge in [-0.15, -0.1) is 0 Å². The summed E-state index contributed by atoms with van der Waals surface area (Å²) in [5.74, 6) is -1.56. The van der Waals surface area contributed by atoms with Crippen LogP contribution in [0.4, 0.5) is 5.69 Å². The molecular formula is C14H12N2O4S. The number of carbonyl (C=O) groups excluding carboxylic acids is 3. The summed E-state index contributed by atoms with van der Waals surface area (Å²) in [6, 6.07) is 7.69. The molecule has 1 aromatic carbocycles. The highest BCUT2D eigenvalue weighted by atomic mass is 32.1. The molecule has 0 aliphatic rings. The zero-order chi connectivity index (χ0) is 15.2. The van der Waals surface area contributed by atoms with Gasteiger partial charge in [-0.1, -0.05) is 0 Å². The van der Waals surface area contributed by atoms with Crippen molar-refractivity contribution in [1.29, 1.82) is 0 Å². The molecule has 2 aromatic rings. The maximum Gasteiger partial charge on any atom is 0.339 e. The van der Waals surface area contributed by atoms with Gasteiger partial charge >= 0.3 is 5.97 Å². The number of nitrogens with two attached hydrogens (primary N) is 1. The fraction of sp³-hybridized carbons (Fsp3) is 0.0714. The second kappa shape index (κ2) is 6.67. The molecule has 2 rings (SSSR count). The molecule has 0 bridgehead atoms. The lowest BCUT2D eigenvalue weighted by Crippen LogP contribution is -2.20. The van der Waals surface area contributed by atoms with Gasteiger partial charge < -0.3 is 15.8 Å². The van der Waals surface area contributed by atoms with E-state index in [-0.39, 0.29) is 6.61 Å². The Morgan fingerprint density at radius 3 is 2.38 bits per heavy atom. The van der Waals surface area contributed by atoms with Crippen molar-refractivity contribution >= 4 is 34.8 Å². The first-order valence-corrected chi connectivity index (χ1v) is 6.89. The lowest BCUT2D eigenvalue weighted by molar-refractivity contribution is -0.119. The third-order valence-electron chi connectivity index (χ3n) is 2.54. The Bertz CT molecular complexity index is 650. The number of carbonyl (C=O) groups is 3. The standard InChI is InChI=1S/C14H12N2O4S/c15-13(18)9-1-3-11(4-2-9)16-12(17)7-20-14(19)10-5-6-21-8-10/h1-6,8H,7H2,(H2,15,18)(H,16,17). The number of hydrogen-bond acceptors (Lipinski definition) is 5. The lowest BCUT2D eigenvalue weighted by Gasteiger charge is -2.06. The molecule has 21 heavy (non-hydrogen) atoms. The smallest absolute Gasteiger partial charge is 0.339 e. The van der Waals surface area contributed by atoms with Gasteiger partial charge in [-0.05, 0) is 35.7 Å². The van der Waals surface area contributed by atoms with Crippen molar-refractivity contribution < 1.29 is 19.1 Å². The van der Waals surface area contributed by atoms with E-state index in [4.69, 9.17) is 10.5 Å². The molecule has 0 aliphatic carbocycles. The summed E-state index contributed by atoms with van der Waals surface area (Å²) in [5, 5.41) is 5.93. The Balaban J connectivity index is 1.84. The van der Waals surface area contributed by atoms with Crippen LogP contribution in [-0.4, -0.2) is 24.4 Å². The molecule has 0 atom stereocenters. The van der Waals surface area contributed by atoms with Gasteiger partial charge in [-0.2, -0.15) is 11.3 Å². The third kappa shape index (κ3) is 4.15. The molecule has 7 heteroatoms. The predicted molar refractivity (Wildman–Crippen MR) is 78.2 cm³/mol. The van der Waals surface area contributed by atoms with Crippen LogP contribution in [0.2, 0.25) is 0 Å². The normalized spacial score (nSPS) is 9.90. The fourth-order valence-corrected chi connectivity index (χ4v) is 2.14. The minimum atomic E-state index is -0.546. The summed E-state index contributed by atoms with van der Waals surface area (Å²) in [7, 11) is 0. The number of anilines is 1. The molecule has 0 radical (unpaired) electrons. The minimum Gasteiger partial charge on any atom is -0.452 e. The second-order valence-corrected chi connectivity index (χ2v) is 4.86. The number of primary amides is 1. The first-order valence-electron chi connectivity index (χ1n) is 5.95. The van der Waals surface area contributed by atoms with E-state index in [0.29, 0.717) is 16.8 Å². The van der Waals surface area contributed by atoms with Crippen molar-refractivity contribution in [2.75, 3.05) is 11.9 Å². The molecule has 3 N–H and O–H groups in total. The third-order valence-corrected chi connectivity index (χ3v) is 3.23. The molecular weight excluding hydrogens is 292 g/mol. The minimum absolute atomic E-state index is 0.344. The van der Waals surface area contributed by atoms with E-state index in [9.17, 15) is 14.4 Å². The molecule has 2 amide bonds. The zero-order valence-electron chi connectivity index (χ0n) is 10.9. The van der Waals surface area contributed by atoms with Crippen LogP contribution in [0.5, 0.6) is 0 Å². The Kier molecular flexibility index (Phi) is 4.68. The van der Waals surface area contributed by atoms with E-state index >= 15 is 0 Å². The second-order valence-electron chi connectivity index (χ2n) is 4.08. The Hall–Kier alpha value is -2.67. The van der Waals surface area contributed by atoms with Crippen molar-refractivity contribution in [1.82, 2.24) is 0 Å². The highest BCUT2D eigenvalue weighted by Crippen LogP contribution is 2.10. The number of amides is 2. The Labute approximate surface area is 124 Å². The summed E-state index contributed by atoms with van der Waals surface area (Å²) >= 11 is 1.37. The number of thiophene rings is 1. The van der Waals surface area contributed by atoms with Crippen LogP contribution in [-0.2, 0) is 9.53 Å². The van der Waals surface area contributed by atoms with Gasteiger partial charge in [0.1, 0.15) is 0 Å². The average Bonchev–Trinajstić information content (AvgIpc) is 2.99. The van der Waals surface area contributed by atoms with Crippen LogP contribution in [0.3, 0.4) is 0 Å². The Morgan fingerprint density at radius 2 is 1.81 bits per heavy atom. The molecule has 0 saturated heterocycles. The molecule has 0 spiro atoms. The van der Waals surface area contributed by atoms with E-state index < -0.39 is 17.8 Å². The van der Waals surface area contributed by atoms with Crippen LogP contribution in [0.15, 0.2) is 41.1 Å². The SMILES string of the molecule is NC(=O)c1ccc(NC(=O)COC(=O)c2ccsc2)cc1. The lowest BCUT2D eigenvalue weighted by atomic mass is 10.2. The van der Waals surface area contributed by atoms with Crippen LogP contribution in [0.25, 0.3) is 0 Å². The van der Waals surface area contributed by atoms with Gasteiger partial charge in [0.2, 0.25) is 5.91 Å². The van der Waals surface area contributed by atoms with Crippen molar-refractivity contribution in [3.05, 3.63) is 52.2 Å². The van der Waals surface area contributed by atoms with E-state index in [1.165, 1.54) is 23.5 Å². The maximum atomic E-state index is 11.6. The molecule has 1 heterocycles. The van der Waals surface area contributed by atoms with E-state index in [1.807, 2.05) is 0 Å².